The van der Waals surface area contributed by atoms with Crippen molar-refractivity contribution in [3.8, 4) is 0 Å². The van der Waals surface area contributed by atoms with E-state index in [0.717, 1.165) is 16.0 Å². The Hall–Kier alpha value is -4.43. The van der Waals surface area contributed by atoms with Gasteiger partial charge >= 0.3 is 5.97 Å². The number of rotatable bonds is 7. The highest BCUT2D eigenvalue weighted by Gasteiger charge is 2.39. The summed E-state index contributed by atoms with van der Waals surface area (Å²) in [6.07, 6.45) is -0.227. The van der Waals surface area contributed by atoms with E-state index in [1.165, 1.54) is 0 Å². The molecule has 0 saturated carbocycles. The van der Waals surface area contributed by atoms with Crippen molar-refractivity contribution in [2.75, 3.05) is 15.5 Å². The second kappa shape index (κ2) is 10.9. The van der Waals surface area contributed by atoms with Crippen molar-refractivity contribution in [3.05, 3.63) is 99.7 Å². The largest absolute Gasteiger partial charge is 0.459 e. The molecule has 1 heterocycles. The number of amides is 3. The molecule has 0 saturated heterocycles. The maximum atomic E-state index is 13.0. The second-order valence-electron chi connectivity index (χ2n) is 9.09. The van der Waals surface area contributed by atoms with Crippen molar-refractivity contribution in [2.45, 2.75) is 33.8 Å². The van der Waals surface area contributed by atoms with Crippen molar-refractivity contribution in [2.24, 2.45) is 0 Å². The molecule has 0 atom stereocenters. The number of anilines is 3. The van der Waals surface area contributed by atoms with Gasteiger partial charge in [-0.1, -0.05) is 17.7 Å². The minimum Gasteiger partial charge on any atom is -0.459 e. The highest BCUT2D eigenvalue weighted by atomic mass is 35.5. The minimum absolute atomic E-state index is 0.0387. The van der Waals surface area contributed by atoms with Gasteiger partial charge in [-0.25, -0.2) is 9.69 Å². The molecule has 8 nitrogen and oxygen atoms in total. The molecule has 1 aliphatic rings. The number of carbonyl (C=O) groups excluding carboxylic acids is 4. The van der Waals surface area contributed by atoms with E-state index in [9.17, 15) is 19.2 Å². The Morgan fingerprint density at radius 2 is 1.42 bits per heavy atom. The third-order valence-electron chi connectivity index (χ3n) is 5.91. The van der Waals surface area contributed by atoms with Gasteiger partial charge in [0.1, 0.15) is 10.7 Å². The number of nitrogens with zero attached hydrogens (tertiary/aromatic N) is 1. The average Bonchev–Trinajstić information content (AvgIpc) is 3.09. The molecule has 9 heteroatoms. The van der Waals surface area contributed by atoms with Crippen molar-refractivity contribution in [3.63, 3.8) is 0 Å². The maximum Gasteiger partial charge on any atom is 0.338 e. The predicted molar refractivity (Wildman–Crippen MR) is 146 cm³/mol. The molecular formula is C29H26ClN3O5. The van der Waals surface area contributed by atoms with Gasteiger partial charge in [-0.05, 0) is 99.5 Å². The van der Waals surface area contributed by atoms with Gasteiger partial charge in [-0.15, -0.1) is 0 Å². The molecule has 3 aromatic carbocycles. The van der Waals surface area contributed by atoms with Crippen molar-refractivity contribution in [1.82, 2.24) is 0 Å². The Bertz CT molecular complexity index is 1460. The summed E-state index contributed by atoms with van der Waals surface area (Å²) < 4.78 is 5.16. The van der Waals surface area contributed by atoms with Crippen LogP contribution < -0.4 is 15.5 Å². The molecule has 194 valence electrons. The number of carbonyl (C=O) groups is 4. The van der Waals surface area contributed by atoms with Gasteiger partial charge in [0.2, 0.25) is 0 Å². The van der Waals surface area contributed by atoms with Crippen molar-refractivity contribution >= 4 is 52.4 Å². The Labute approximate surface area is 225 Å². The summed E-state index contributed by atoms with van der Waals surface area (Å²) >= 11 is 6.23. The van der Waals surface area contributed by atoms with Gasteiger partial charge in [0.25, 0.3) is 17.7 Å². The van der Waals surface area contributed by atoms with Gasteiger partial charge in [0.15, 0.2) is 0 Å². The molecule has 0 bridgehead atoms. The van der Waals surface area contributed by atoms with Crippen LogP contribution in [0.5, 0.6) is 0 Å². The first-order valence-corrected chi connectivity index (χ1v) is 12.3. The van der Waals surface area contributed by atoms with Gasteiger partial charge < -0.3 is 15.4 Å². The Kier molecular flexibility index (Phi) is 7.64. The number of esters is 1. The lowest BCUT2D eigenvalue weighted by molar-refractivity contribution is -0.120. The first-order valence-electron chi connectivity index (χ1n) is 11.9. The molecular weight excluding hydrogens is 506 g/mol. The standard InChI is InChI=1S/C29H26ClN3O5/c1-16(2)38-29(37)20-8-12-22(13-9-20)32-26(34)19-6-10-21(11-7-19)31-25-24(30)27(35)33(28(25)36)23-14-5-17(3)18(4)15-23/h5-16,31H,1-4H3,(H,32,34). The number of imide groups is 1. The van der Waals surface area contributed by atoms with Crippen LogP contribution in [0.25, 0.3) is 0 Å². The summed E-state index contributed by atoms with van der Waals surface area (Å²) in [6.45, 7) is 7.38. The number of hydrogen-bond acceptors (Lipinski definition) is 6. The molecule has 0 radical (unpaired) electrons. The molecule has 1 aliphatic heterocycles. The zero-order valence-electron chi connectivity index (χ0n) is 21.3. The van der Waals surface area contributed by atoms with Gasteiger partial charge in [-0.3, -0.25) is 14.4 Å². The summed E-state index contributed by atoms with van der Waals surface area (Å²) in [4.78, 5) is 51.4. The van der Waals surface area contributed by atoms with E-state index in [4.69, 9.17) is 16.3 Å². The van der Waals surface area contributed by atoms with E-state index < -0.39 is 17.8 Å². The van der Waals surface area contributed by atoms with Crippen molar-refractivity contribution < 1.29 is 23.9 Å². The van der Waals surface area contributed by atoms with E-state index >= 15 is 0 Å². The zero-order valence-corrected chi connectivity index (χ0v) is 22.1. The topological polar surface area (TPSA) is 105 Å². The van der Waals surface area contributed by atoms with Crippen LogP contribution in [0, 0.1) is 13.8 Å². The fourth-order valence-corrected chi connectivity index (χ4v) is 3.95. The fourth-order valence-electron chi connectivity index (χ4n) is 3.73. The van der Waals surface area contributed by atoms with Crippen LogP contribution >= 0.6 is 11.6 Å². The summed E-state index contributed by atoms with van der Waals surface area (Å²) in [7, 11) is 0. The molecule has 0 aliphatic carbocycles. The number of aryl methyl sites for hydroxylation is 2. The molecule has 0 fully saturated rings. The summed E-state index contributed by atoms with van der Waals surface area (Å²) in [5.74, 6) is -1.97. The van der Waals surface area contributed by atoms with E-state index in [-0.39, 0.29) is 22.7 Å². The van der Waals surface area contributed by atoms with E-state index in [0.29, 0.717) is 28.2 Å². The number of nitrogens with one attached hydrogen (secondary N) is 2. The van der Waals surface area contributed by atoms with Crippen LogP contribution in [0.3, 0.4) is 0 Å². The van der Waals surface area contributed by atoms with Gasteiger partial charge in [-0.2, -0.15) is 0 Å². The van der Waals surface area contributed by atoms with Crippen LogP contribution in [0.4, 0.5) is 17.1 Å². The maximum absolute atomic E-state index is 13.0. The fraction of sp³-hybridized carbons (Fsp3) is 0.172. The van der Waals surface area contributed by atoms with Crippen LogP contribution in [-0.4, -0.2) is 29.8 Å². The van der Waals surface area contributed by atoms with Gasteiger partial charge in [0, 0.05) is 16.9 Å². The molecule has 4 rings (SSSR count). The normalized spacial score (nSPS) is 13.3. The van der Waals surface area contributed by atoms with Crippen LogP contribution in [0.2, 0.25) is 0 Å². The lowest BCUT2D eigenvalue weighted by Crippen LogP contribution is -2.32. The molecule has 0 unspecified atom stereocenters. The van der Waals surface area contributed by atoms with E-state index in [1.807, 2.05) is 19.9 Å². The van der Waals surface area contributed by atoms with Crippen molar-refractivity contribution in [1.29, 1.82) is 0 Å². The summed E-state index contributed by atoms with van der Waals surface area (Å²) in [6, 6.07) is 18.0. The number of halogens is 1. The van der Waals surface area contributed by atoms with E-state index in [2.05, 4.69) is 10.6 Å². The second-order valence-corrected chi connectivity index (χ2v) is 9.47. The molecule has 38 heavy (non-hydrogen) atoms. The molecule has 2 N–H and O–H groups in total. The lowest BCUT2D eigenvalue weighted by atomic mass is 10.1. The molecule has 3 amide bonds. The first kappa shape index (κ1) is 26.6. The van der Waals surface area contributed by atoms with Crippen LogP contribution in [0.15, 0.2) is 77.5 Å². The Morgan fingerprint density at radius 1 is 0.816 bits per heavy atom. The number of benzene rings is 3. The zero-order chi connectivity index (χ0) is 27.6. The number of ether oxygens (including phenoxy) is 1. The van der Waals surface area contributed by atoms with E-state index in [1.54, 1.807) is 74.5 Å². The van der Waals surface area contributed by atoms with Crippen LogP contribution in [0.1, 0.15) is 45.7 Å². The Morgan fingerprint density at radius 3 is 2.03 bits per heavy atom. The smallest absolute Gasteiger partial charge is 0.338 e. The lowest BCUT2D eigenvalue weighted by Gasteiger charge is -2.16. The van der Waals surface area contributed by atoms with Gasteiger partial charge in [0.05, 0.1) is 17.4 Å². The predicted octanol–water partition coefficient (Wildman–Crippen LogP) is 5.56. The summed E-state index contributed by atoms with van der Waals surface area (Å²) in [5, 5.41) is 5.45. The number of hydrogen-bond donors (Lipinski definition) is 2. The third-order valence-corrected chi connectivity index (χ3v) is 6.26. The summed E-state index contributed by atoms with van der Waals surface area (Å²) in [5.41, 5.74) is 4.12. The molecule has 3 aromatic rings. The monoisotopic (exact) mass is 531 g/mol. The minimum atomic E-state index is -0.609. The molecule has 0 spiro atoms. The third kappa shape index (κ3) is 5.60. The van der Waals surface area contributed by atoms with Crippen LogP contribution in [-0.2, 0) is 14.3 Å². The highest BCUT2D eigenvalue weighted by molar-refractivity contribution is 6.53. The first-order chi connectivity index (χ1) is 18.0. The SMILES string of the molecule is Cc1ccc(N2C(=O)C(Cl)=C(Nc3ccc(C(=O)Nc4ccc(C(=O)OC(C)C)cc4)cc3)C2=O)cc1C. The average molecular weight is 532 g/mol. The quantitative estimate of drug-likeness (QED) is 0.305. The highest BCUT2D eigenvalue weighted by Crippen LogP contribution is 2.31. The molecule has 0 aromatic heterocycles. The Balaban J connectivity index is 1.42.